The van der Waals surface area contributed by atoms with Crippen LogP contribution >= 0.6 is 0 Å². The van der Waals surface area contributed by atoms with Crippen molar-refractivity contribution in [3.8, 4) is 23.0 Å². The quantitative estimate of drug-likeness (QED) is 0.0806. The lowest BCUT2D eigenvalue weighted by molar-refractivity contribution is 0.297. The number of benzene rings is 4. The van der Waals surface area contributed by atoms with E-state index < -0.39 is 0 Å². The van der Waals surface area contributed by atoms with E-state index in [1.807, 2.05) is 0 Å². The highest BCUT2D eigenvalue weighted by atomic mass is 16.6. The van der Waals surface area contributed by atoms with Crippen LogP contribution < -0.4 is 9.47 Å². The fourth-order valence-corrected chi connectivity index (χ4v) is 7.77. The SMILES string of the molecule is CCC(C)(c1ccc(Oc2ccc(CCC(CC3CO3)CC3CO3)cc2)cc1)c1ccc(Oc2ccc(CC(CCC3CO3)CC3CO3)cc2)cc1. The second kappa shape index (κ2) is 16.1. The second-order valence-electron chi connectivity index (χ2n) is 15.8. The maximum Gasteiger partial charge on any atom is 0.127 e. The van der Waals surface area contributed by atoms with Gasteiger partial charge in [-0.1, -0.05) is 62.4 Å². The first-order chi connectivity index (χ1) is 25.5. The molecule has 0 radical (unpaired) electrons. The number of hydrogen-bond acceptors (Lipinski definition) is 6. The molecule has 0 N–H and O–H groups in total. The van der Waals surface area contributed by atoms with Crippen LogP contribution in [-0.4, -0.2) is 50.8 Å². The highest BCUT2D eigenvalue weighted by Gasteiger charge is 2.32. The molecule has 4 heterocycles. The normalized spacial score (nSPS) is 23.7. The predicted molar refractivity (Wildman–Crippen MR) is 204 cm³/mol. The molecule has 6 atom stereocenters. The van der Waals surface area contributed by atoms with Crippen molar-refractivity contribution >= 4 is 0 Å². The standard InChI is InChI=1S/C46H54O6/c1-3-46(2,36-11-20-40(21-12-36)51-38-15-6-32(7-16-38)4-5-35(26-44-30-49-44)27-45-31-50-45)37-13-22-41(23-14-37)52-39-17-8-33(9-18-39)24-34(25-43-29-48-43)10-19-42-28-47-42/h6-9,11-18,20-23,34-35,42-45H,3-5,10,19,24-31H2,1-2H3. The van der Waals surface area contributed by atoms with Crippen LogP contribution in [0.15, 0.2) is 97.1 Å². The predicted octanol–water partition coefficient (Wildman–Crippen LogP) is 10.2. The maximum atomic E-state index is 6.28. The fourth-order valence-electron chi connectivity index (χ4n) is 7.77. The summed E-state index contributed by atoms with van der Waals surface area (Å²) >= 11 is 0. The summed E-state index contributed by atoms with van der Waals surface area (Å²) in [5.41, 5.74) is 5.10. The van der Waals surface area contributed by atoms with Crippen molar-refractivity contribution in [2.24, 2.45) is 11.8 Å². The average Bonchev–Trinajstić information content (AvgIpc) is 3.96. The molecular formula is C46H54O6. The van der Waals surface area contributed by atoms with Gasteiger partial charge in [-0.25, -0.2) is 0 Å². The number of epoxide rings is 4. The summed E-state index contributed by atoms with van der Waals surface area (Å²) in [4.78, 5) is 0. The number of rotatable bonds is 21. The first kappa shape index (κ1) is 35.4. The van der Waals surface area contributed by atoms with E-state index in [0.29, 0.717) is 36.3 Å². The van der Waals surface area contributed by atoms with Gasteiger partial charge in [0, 0.05) is 5.41 Å². The third-order valence-corrected chi connectivity index (χ3v) is 11.7. The third-order valence-electron chi connectivity index (χ3n) is 11.7. The molecule has 0 aromatic heterocycles. The Hall–Kier alpha value is -3.68. The minimum Gasteiger partial charge on any atom is -0.457 e. The van der Waals surface area contributed by atoms with Crippen molar-refractivity contribution in [3.63, 3.8) is 0 Å². The Labute approximate surface area is 309 Å². The molecule has 274 valence electrons. The van der Waals surface area contributed by atoms with Crippen molar-refractivity contribution in [1.29, 1.82) is 0 Å². The average molecular weight is 703 g/mol. The first-order valence-electron chi connectivity index (χ1n) is 19.7. The summed E-state index contributed by atoms with van der Waals surface area (Å²) in [6.07, 6.45) is 12.0. The lowest BCUT2D eigenvalue weighted by Gasteiger charge is -2.30. The van der Waals surface area contributed by atoms with Crippen LogP contribution in [0.4, 0.5) is 0 Å². The number of ether oxygens (including phenoxy) is 6. The summed E-state index contributed by atoms with van der Waals surface area (Å²) in [5.74, 6) is 4.73. The lowest BCUT2D eigenvalue weighted by atomic mass is 9.74. The topological polar surface area (TPSA) is 68.6 Å². The van der Waals surface area contributed by atoms with Crippen LogP contribution in [0.2, 0.25) is 0 Å². The van der Waals surface area contributed by atoms with Crippen molar-refractivity contribution in [2.75, 3.05) is 26.4 Å². The Morgan fingerprint density at radius 1 is 0.538 bits per heavy atom. The molecule has 4 saturated heterocycles. The Kier molecular flexibility index (Phi) is 11.0. The lowest BCUT2D eigenvalue weighted by Crippen LogP contribution is -2.22. The summed E-state index contributed by atoms with van der Waals surface area (Å²) in [6.45, 7) is 8.29. The van der Waals surface area contributed by atoms with Crippen LogP contribution in [0.3, 0.4) is 0 Å². The van der Waals surface area contributed by atoms with Crippen molar-refractivity contribution in [2.45, 2.75) is 101 Å². The van der Waals surface area contributed by atoms with Crippen LogP contribution in [-0.2, 0) is 37.2 Å². The molecule has 52 heavy (non-hydrogen) atoms. The summed E-state index contributed by atoms with van der Waals surface area (Å²) in [5, 5.41) is 0. The van der Waals surface area contributed by atoms with E-state index in [2.05, 4.69) is 111 Å². The van der Waals surface area contributed by atoms with Gasteiger partial charge in [0.1, 0.15) is 23.0 Å². The molecule has 6 nitrogen and oxygen atoms in total. The van der Waals surface area contributed by atoms with Gasteiger partial charge in [0.15, 0.2) is 0 Å². The van der Waals surface area contributed by atoms with Gasteiger partial charge in [0.25, 0.3) is 0 Å². The minimum absolute atomic E-state index is 0.136. The van der Waals surface area contributed by atoms with Crippen LogP contribution in [0.1, 0.15) is 81.0 Å². The van der Waals surface area contributed by atoms with Crippen molar-refractivity contribution in [1.82, 2.24) is 0 Å². The van der Waals surface area contributed by atoms with Gasteiger partial charge in [-0.05, 0) is 140 Å². The first-order valence-corrected chi connectivity index (χ1v) is 19.7. The summed E-state index contributed by atoms with van der Waals surface area (Å²) < 4.78 is 34.5. The van der Waals surface area contributed by atoms with E-state index in [4.69, 9.17) is 28.4 Å². The molecule has 4 aliphatic heterocycles. The molecule has 0 amide bonds. The van der Waals surface area contributed by atoms with Gasteiger partial charge in [-0.15, -0.1) is 0 Å². The van der Waals surface area contributed by atoms with E-state index in [-0.39, 0.29) is 5.41 Å². The number of aryl methyl sites for hydroxylation is 1. The van der Waals surface area contributed by atoms with Crippen LogP contribution in [0.25, 0.3) is 0 Å². The zero-order valence-electron chi connectivity index (χ0n) is 30.8. The Morgan fingerprint density at radius 2 is 0.942 bits per heavy atom. The largest absolute Gasteiger partial charge is 0.457 e. The second-order valence-corrected chi connectivity index (χ2v) is 15.8. The van der Waals surface area contributed by atoms with Crippen molar-refractivity contribution in [3.05, 3.63) is 119 Å². The molecule has 0 spiro atoms. The molecule has 6 unspecified atom stereocenters. The van der Waals surface area contributed by atoms with E-state index >= 15 is 0 Å². The van der Waals surface area contributed by atoms with E-state index in [0.717, 1.165) is 81.5 Å². The maximum absolute atomic E-state index is 6.28. The summed E-state index contributed by atoms with van der Waals surface area (Å²) in [6, 6.07) is 34.4. The molecule has 6 heteroatoms. The molecule has 8 rings (SSSR count). The van der Waals surface area contributed by atoms with Gasteiger partial charge in [-0.2, -0.15) is 0 Å². The number of hydrogen-bond donors (Lipinski definition) is 0. The van der Waals surface area contributed by atoms with Crippen LogP contribution in [0, 0.1) is 11.8 Å². The molecule has 4 fully saturated rings. The minimum atomic E-state index is -0.136. The van der Waals surface area contributed by atoms with Crippen LogP contribution in [0.5, 0.6) is 23.0 Å². The Balaban J connectivity index is 0.831. The van der Waals surface area contributed by atoms with Gasteiger partial charge >= 0.3 is 0 Å². The summed E-state index contributed by atoms with van der Waals surface area (Å²) in [7, 11) is 0. The van der Waals surface area contributed by atoms with E-state index in [1.165, 1.54) is 47.9 Å². The molecule has 4 aliphatic rings. The zero-order valence-corrected chi connectivity index (χ0v) is 30.8. The van der Waals surface area contributed by atoms with E-state index in [1.54, 1.807) is 0 Å². The smallest absolute Gasteiger partial charge is 0.127 e. The van der Waals surface area contributed by atoms with Gasteiger partial charge in [0.05, 0.1) is 50.8 Å². The monoisotopic (exact) mass is 702 g/mol. The fraction of sp³-hybridized carbons (Fsp3) is 0.478. The highest BCUT2D eigenvalue weighted by molar-refractivity contribution is 5.44. The van der Waals surface area contributed by atoms with Gasteiger partial charge in [0.2, 0.25) is 0 Å². The Bertz CT molecular complexity index is 1690. The third kappa shape index (κ3) is 10.0. The Morgan fingerprint density at radius 3 is 1.37 bits per heavy atom. The molecular weight excluding hydrogens is 649 g/mol. The molecule has 4 aromatic carbocycles. The molecule has 0 bridgehead atoms. The van der Waals surface area contributed by atoms with Gasteiger partial charge < -0.3 is 28.4 Å². The zero-order chi connectivity index (χ0) is 35.3. The molecule has 0 saturated carbocycles. The van der Waals surface area contributed by atoms with E-state index in [9.17, 15) is 0 Å². The highest BCUT2D eigenvalue weighted by Crippen LogP contribution is 2.38. The van der Waals surface area contributed by atoms with Crippen molar-refractivity contribution < 1.29 is 28.4 Å². The molecule has 0 aliphatic carbocycles. The molecule has 4 aromatic rings. The van der Waals surface area contributed by atoms with Gasteiger partial charge in [-0.3, -0.25) is 0 Å².